The van der Waals surface area contributed by atoms with Crippen LogP contribution < -0.4 is 16.6 Å². The number of anilines is 2. The zero-order valence-corrected chi connectivity index (χ0v) is 10.5. The maximum Gasteiger partial charge on any atom is 0.274 e. The molecule has 0 aliphatic rings. The summed E-state index contributed by atoms with van der Waals surface area (Å²) in [6, 6.07) is 4.25. The smallest absolute Gasteiger partial charge is 0.274 e. The Hall–Kier alpha value is -3.07. The van der Waals surface area contributed by atoms with Gasteiger partial charge in [0.1, 0.15) is 5.82 Å². The van der Waals surface area contributed by atoms with Crippen molar-refractivity contribution in [2.24, 2.45) is 5.84 Å². The zero-order valence-electron chi connectivity index (χ0n) is 10.5. The summed E-state index contributed by atoms with van der Waals surface area (Å²) < 4.78 is 13.3. The first-order valence-electron chi connectivity index (χ1n) is 5.68. The molecule has 0 saturated carbocycles. The number of rotatable bonds is 4. The van der Waals surface area contributed by atoms with E-state index in [1.165, 1.54) is 18.5 Å². The maximum absolute atomic E-state index is 13.3. The first kappa shape index (κ1) is 14.3. The van der Waals surface area contributed by atoms with E-state index in [1.807, 2.05) is 0 Å². The number of hydrogen-bond acceptors (Lipinski definition) is 6. The number of nitrogen functional groups attached to an aromatic ring is 1. The minimum absolute atomic E-state index is 0.0430. The number of aromatic nitrogens is 1. The van der Waals surface area contributed by atoms with Gasteiger partial charge >= 0.3 is 0 Å². The highest BCUT2D eigenvalue weighted by atomic mass is 19.1. The Morgan fingerprint density at radius 2 is 2.14 bits per heavy atom. The molecule has 0 atom stereocenters. The van der Waals surface area contributed by atoms with E-state index in [-0.39, 0.29) is 11.3 Å². The average molecular weight is 291 g/mol. The number of nitrogens with two attached hydrogens (primary N) is 1. The predicted octanol–water partition coefficient (Wildman–Crippen LogP) is 1.67. The van der Waals surface area contributed by atoms with Crippen molar-refractivity contribution in [3.05, 3.63) is 58.2 Å². The third-order valence-corrected chi connectivity index (χ3v) is 2.57. The second-order valence-corrected chi connectivity index (χ2v) is 3.97. The number of halogens is 1. The second-order valence-electron chi connectivity index (χ2n) is 3.97. The lowest BCUT2D eigenvalue weighted by atomic mass is 10.2. The Morgan fingerprint density at radius 3 is 2.81 bits per heavy atom. The minimum Gasteiger partial charge on any atom is -0.323 e. The first-order valence-corrected chi connectivity index (χ1v) is 5.68. The molecule has 0 spiro atoms. The molecule has 108 valence electrons. The standard InChI is InChI=1S/C12H10FN5O3/c13-7-3-8(5-9(4-7)18(20)21)16-12(19)10-6-15-2-1-11(10)17-14/h1-6H,14H2,(H,15,17)(H,16,19). The molecule has 4 N–H and O–H groups in total. The molecule has 1 amide bonds. The van der Waals surface area contributed by atoms with Crippen LogP contribution in [0, 0.1) is 15.9 Å². The summed E-state index contributed by atoms with van der Waals surface area (Å²) >= 11 is 0. The molecule has 0 unspecified atom stereocenters. The lowest BCUT2D eigenvalue weighted by Gasteiger charge is -2.09. The van der Waals surface area contributed by atoms with E-state index in [1.54, 1.807) is 0 Å². The molecule has 0 saturated heterocycles. The number of nitro groups is 1. The molecule has 0 bridgehead atoms. The van der Waals surface area contributed by atoms with Gasteiger partial charge in [-0.2, -0.15) is 0 Å². The fraction of sp³-hybridized carbons (Fsp3) is 0. The van der Waals surface area contributed by atoms with Crippen LogP contribution >= 0.6 is 0 Å². The Kier molecular flexibility index (Phi) is 4.05. The minimum atomic E-state index is -0.831. The van der Waals surface area contributed by atoms with Gasteiger partial charge in [-0.15, -0.1) is 0 Å². The summed E-state index contributed by atoms with van der Waals surface area (Å²) in [5, 5.41) is 13.0. The molecule has 0 fully saturated rings. The van der Waals surface area contributed by atoms with E-state index in [2.05, 4.69) is 15.7 Å². The number of hydrogen-bond donors (Lipinski definition) is 3. The van der Waals surface area contributed by atoms with E-state index >= 15 is 0 Å². The fourth-order valence-electron chi connectivity index (χ4n) is 1.65. The second kappa shape index (κ2) is 5.92. The normalized spacial score (nSPS) is 10.0. The van der Waals surface area contributed by atoms with Crippen LogP contribution in [0.5, 0.6) is 0 Å². The third kappa shape index (κ3) is 3.28. The van der Waals surface area contributed by atoms with E-state index in [9.17, 15) is 19.3 Å². The number of carbonyl (C=O) groups excluding carboxylic acids is 1. The van der Waals surface area contributed by atoms with Crippen molar-refractivity contribution in [1.82, 2.24) is 4.98 Å². The van der Waals surface area contributed by atoms with Crippen LogP contribution in [0.15, 0.2) is 36.7 Å². The van der Waals surface area contributed by atoms with Gasteiger partial charge in [-0.3, -0.25) is 25.7 Å². The van der Waals surface area contributed by atoms with E-state index < -0.39 is 22.3 Å². The van der Waals surface area contributed by atoms with Crippen LogP contribution in [0.25, 0.3) is 0 Å². The molecule has 1 aromatic carbocycles. The van der Waals surface area contributed by atoms with Gasteiger partial charge in [0.05, 0.1) is 27.9 Å². The largest absolute Gasteiger partial charge is 0.323 e. The van der Waals surface area contributed by atoms with Crippen LogP contribution in [-0.2, 0) is 0 Å². The van der Waals surface area contributed by atoms with E-state index in [0.29, 0.717) is 5.69 Å². The highest BCUT2D eigenvalue weighted by Gasteiger charge is 2.15. The summed E-state index contributed by atoms with van der Waals surface area (Å²) in [5.74, 6) is 3.80. The Balaban J connectivity index is 2.29. The molecule has 0 aliphatic carbocycles. The van der Waals surface area contributed by atoms with E-state index in [4.69, 9.17) is 5.84 Å². The highest BCUT2D eigenvalue weighted by Crippen LogP contribution is 2.21. The number of carbonyl (C=O) groups is 1. The molecule has 2 aromatic rings. The van der Waals surface area contributed by atoms with Gasteiger partial charge in [-0.05, 0) is 12.1 Å². The molecule has 21 heavy (non-hydrogen) atoms. The van der Waals surface area contributed by atoms with Gasteiger partial charge < -0.3 is 10.7 Å². The lowest BCUT2D eigenvalue weighted by molar-refractivity contribution is -0.385. The summed E-state index contributed by atoms with van der Waals surface area (Å²) in [5.41, 5.74) is 2.24. The van der Waals surface area contributed by atoms with Crippen molar-refractivity contribution in [2.75, 3.05) is 10.7 Å². The van der Waals surface area contributed by atoms with Crippen LogP contribution in [0.4, 0.5) is 21.5 Å². The molecule has 1 heterocycles. The number of nitrogens with one attached hydrogen (secondary N) is 2. The van der Waals surface area contributed by atoms with E-state index in [0.717, 1.165) is 18.2 Å². The Morgan fingerprint density at radius 1 is 1.38 bits per heavy atom. The molecular weight excluding hydrogens is 281 g/mol. The molecule has 0 radical (unpaired) electrons. The monoisotopic (exact) mass is 291 g/mol. The maximum atomic E-state index is 13.3. The van der Waals surface area contributed by atoms with Crippen LogP contribution in [0.2, 0.25) is 0 Å². The Labute approximate surface area is 117 Å². The number of hydrazine groups is 1. The van der Waals surface area contributed by atoms with Crippen molar-refractivity contribution in [3.63, 3.8) is 0 Å². The van der Waals surface area contributed by atoms with Crippen molar-refractivity contribution < 1.29 is 14.1 Å². The molecule has 9 heteroatoms. The predicted molar refractivity (Wildman–Crippen MR) is 73.1 cm³/mol. The van der Waals surface area contributed by atoms with Gasteiger partial charge in [-0.25, -0.2) is 4.39 Å². The lowest BCUT2D eigenvalue weighted by Crippen LogP contribution is -2.17. The van der Waals surface area contributed by atoms with Crippen molar-refractivity contribution in [2.45, 2.75) is 0 Å². The average Bonchev–Trinajstić information content (AvgIpc) is 2.46. The fourth-order valence-corrected chi connectivity index (χ4v) is 1.65. The van der Waals surface area contributed by atoms with Gasteiger partial charge in [-0.1, -0.05) is 0 Å². The third-order valence-electron chi connectivity index (χ3n) is 2.57. The highest BCUT2D eigenvalue weighted by molar-refractivity contribution is 6.07. The summed E-state index contributed by atoms with van der Waals surface area (Å²) in [6.07, 6.45) is 2.69. The molecule has 0 aliphatic heterocycles. The van der Waals surface area contributed by atoms with Gasteiger partial charge in [0, 0.05) is 18.5 Å². The molecule has 8 nitrogen and oxygen atoms in total. The molecule has 2 rings (SSSR count). The summed E-state index contributed by atoms with van der Waals surface area (Å²) in [7, 11) is 0. The first-order chi connectivity index (χ1) is 10.0. The van der Waals surface area contributed by atoms with Crippen LogP contribution in [-0.4, -0.2) is 15.8 Å². The number of nitrogens with zero attached hydrogens (tertiary/aromatic N) is 2. The number of benzene rings is 1. The van der Waals surface area contributed by atoms with Crippen molar-refractivity contribution in [3.8, 4) is 0 Å². The Bertz CT molecular complexity index is 707. The number of pyridine rings is 1. The van der Waals surface area contributed by atoms with Crippen LogP contribution in [0.1, 0.15) is 10.4 Å². The van der Waals surface area contributed by atoms with Crippen LogP contribution in [0.3, 0.4) is 0 Å². The van der Waals surface area contributed by atoms with Gasteiger partial charge in [0.25, 0.3) is 11.6 Å². The quantitative estimate of drug-likeness (QED) is 0.447. The topological polar surface area (TPSA) is 123 Å². The summed E-state index contributed by atoms with van der Waals surface area (Å²) in [6.45, 7) is 0. The molecule has 1 aromatic heterocycles. The summed E-state index contributed by atoms with van der Waals surface area (Å²) in [4.78, 5) is 25.7. The number of nitro benzene ring substituents is 1. The van der Waals surface area contributed by atoms with Gasteiger partial charge in [0.2, 0.25) is 0 Å². The van der Waals surface area contributed by atoms with Gasteiger partial charge in [0.15, 0.2) is 0 Å². The number of non-ortho nitro benzene ring substituents is 1. The van der Waals surface area contributed by atoms with Crippen molar-refractivity contribution >= 4 is 23.0 Å². The van der Waals surface area contributed by atoms with Crippen molar-refractivity contribution in [1.29, 1.82) is 0 Å². The molecular formula is C12H10FN5O3. The SMILES string of the molecule is NNc1ccncc1C(=O)Nc1cc(F)cc([N+](=O)[O-])c1. The zero-order chi connectivity index (χ0) is 15.4. The number of amides is 1.